The minimum absolute atomic E-state index is 0.0888. The topological polar surface area (TPSA) is 91.7 Å². The van der Waals surface area contributed by atoms with Crippen LogP contribution in [0.15, 0.2) is 66.5 Å². The number of carbonyl (C=O) groups excluding carboxylic acids is 2. The van der Waals surface area contributed by atoms with Crippen LogP contribution in [-0.2, 0) is 15.0 Å². The standard InChI is InChI=1S/C26H32N4O4S/c1-5-16-29(17-6-2)26(32)23(27-25(31)20-12-8-7-9-13-20)18-21-19-30(35(33,34)28(3)4)24-15-11-10-14-22(21)24/h7-15,18-19H,5-6,16-17H2,1-4H3,(H,27,31). The van der Waals surface area contributed by atoms with Crippen molar-refractivity contribution < 1.29 is 18.0 Å². The highest BCUT2D eigenvalue weighted by Gasteiger charge is 2.23. The van der Waals surface area contributed by atoms with E-state index in [0.29, 0.717) is 35.1 Å². The number of aromatic nitrogens is 1. The molecule has 3 aromatic rings. The summed E-state index contributed by atoms with van der Waals surface area (Å²) in [5.74, 6) is -0.729. The van der Waals surface area contributed by atoms with Gasteiger partial charge in [-0.1, -0.05) is 50.2 Å². The Balaban J connectivity index is 2.16. The summed E-state index contributed by atoms with van der Waals surface area (Å²) >= 11 is 0. The Morgan fingerprint density at radius 2 is 1.54 bits per heavy atom. The predicted octanol–water partition coefficient (Wildman–Crippen LogP) is 3.72. The molecule has 0 saturated heterocycles. The third-order valence-corrected chi connectivity index (χ3v) is 7.23. The van der Waals surface area contributed by atoms with Crippen LogP contribution in [0.2, 0.25) is 0 Å². The quantitative estimate of drug-likeness (QED) is 0.433. The molecule has 0 bridgehead atoms. The molecule has 8 nitrogen and oxygen atoms in total. The van der Waals surface area contributed by atoms with Gasteiger partial charge in [-0.25, -0.2) is 3.97 Å². The van der Waals surface area contributed by atoms with Crippen molar-refractivity contribution in [2.45, 2.75) is 26.7 Å². The number of benzene rings is 2. The van der Waals surface area contributed by atoms with Gasteiger partial charge in [-0.05, 0) is 37.1 Å². The van der Waals surface area contributed by atoms with E-state index < -0.39 is 16.1 Å². The normalized spacial score (nSPS) is 12.2. The molecule has 1 N–H and O–H groups in total. The van der Waals surface area contributed by atoms with Crippen molar-refractivity contribution in [1.29, 1.82) is 0 Å². The molecule has 0 saturated carbocycles. The fourth-order valence-corrected chi connectivity index (χ4v) is 4.78. The lowest BCUT2D eigenvalue weighted by atomic mass is 10.1. The van der Waals surface area contributed by atoms with Gasteiger partial charge in [0.25, 0.3) is 11.8 Å². The molecular weight excluding hydrogens is 464 g/mol. The van der Waals surface area contributed by atoms with Crippen LogP contribution in [-0.4, -0.2) is 60.6 Å². The Labute approximate surface area is 207 Å². The lowest BCUT2D eigenvalue weighted by Gasteiger charge is -2.23. The van der Waals surface area contributed by atoms with Crippen LogP contribution in [0, 0.1) is 0 Å². The summed E-state index contributed by atoms with van der Waals surface area (Å²) in [4.78, 5) is 28.2. The number of para-hydroxylation sites is 1. The highest BCUT2D eigenvalue weighted by Crippen LogP contribution is 2.26. The van der Waals surface area contributed by atoms with Gasteiger partial charge < -0.3 is 10.2 Å². The first-order valence-electron chi connectivity index (χ1n) is 11.6. The number of hydrogen-bond acceptors (Lipinski definition) is 4. The number of nitrogens with zero attached hydrogens (tertiary/aromatic N) is 3. The second-order valence-electron chi connectivity index (χ2n) is 8.36. The van der Waals surface area contributed by atoms with Crippen LogP contribution >= 0.6 is 0 Å². The van der Waals surface area contributed by atoms with Gasteiger partial charge in [0.15, 0.2) is 0 Å². The maximum atomic E-state index is 13.6. The molecular formula is C26H32N4O4S. The van der Waals surface area contributed by atoms with E-state index in [2.05, 4.69) is 5.32 Å². The number of rotatable bonds is 10. The van der Waals surface area contributed by atoms with Gasteiger partial charge >= 0.3 is 10.2 Å². The highest BCUT2D eigenvalue weighted by atomic mass is 32.2. The Kier molecular flexibility index (Phi) is 8.48. The van der Waals surface area contributed by atoms with Crippen molar-refractivity contribution in [3.63, 3.8) is 0 Å². The van der Waals surface area contributed by atoms with Gasteiger partial charge in [-0.15, -0.1) is 0 Å². The molecule has 0 aliphatic rings. The summed E-state index contributed by atoms with van der Waals surface area (Å²) in [6, 6.07) is 15.7. The molecule has 0 atom stereocenters. The van der Waals surface area contributed by atoms with Crippen molar-refractivity contribution in [3.8, 4) is 0 Å². The summed E-state index contributed by atoms with van der Waals surface area (Å²) < 4.78 is 28.2. The lowest BCUT2D eigenvalue weighted by molar-refractivity contribution is -0.127. The maximum Gasteiger partial charge on any atom is 0.307 e. The van der Waals surface area contributed by atoms with Gasteiger partial charge in [-0.2, -0.15) is 12.7 Å². The van der Waals surface area contributed by atoms with Crippen LogP contribution < -0.4 is 5.32 Å². The van der Waals surface area contributed by atoms with E-state index in [0.717, 1.165) is 17.1 Å². The van der Waals surface area contributed by atoms with Crippen molar-refractivity contribution in [2.24, 2.45) is 0 Å². The van der Waals surface area contributed by atoms with E-state index >= 15 is 0 Å². The summed E-state index contributed by atoms with van der Waals surface area (Å²) in [5, 5.41) is 3.42. The molecule has 1 aromatic heterocycles. The first-order chi connectivity index (χ1) is 16.7. The fourth-order valence-electron chi connectivity index (χ4n) is 3.77. The predicted molar refractivity (Wildman–Crippen MR) is 139 cm³/mol. The third kappa shape index (κ3) is 5.80. The molecule has 9 heteroatoms. The zero-order valence-corrected chi connectivity index (χ0v) is 21.4. The van der Waals surface area contributed by atoms with Crippen molar-refractivity contribution in [2.75, 3.05) is 27.2 Å². The van der Waals surface area contributed by atoms with Crippen LogP contribution in [0.4, 0.5) is 0 Å². The van der Waals surface area contributed by atoms with Gasteiger partial charge in [0.05, 0.1) is 5.52 Å². The number of amides is 2. The smallest absolute Gasteiger partial charge is 0.307 e. The lowest BCUT2D eigenvalue weighted by Crippen LogP contribution is -2.39. The first-order valence-corrected chi connectivity index (χ1v) is 13.0. The third-order valence-electron chi connectivity index (χ3n) is 5.51. The largest absolute Gasteiger partial charge is 0.337 e. The van der Waals surface area contributed by atoms with Gasteiger partial charge in [0, 0.05) is 49.9 Å². The van der Waals surface area contributed by atoms with Crippen LogP contribution in [0.25, 0.3) is 17.0 Å². The fraction of sp³-hybridized carbons (Fsp3) is 0.308. The Morgan fingerprint density at radius 3 is 2.14 bits per heavy atom. The average Bonchev–Trinajstić information content (AvgIpc) is 3.22. The summed E-state index contributed by atoms with van der Waals surface area (Å²) in [7, 11) is -0.880. The van der Waals surface area contributed by atoms with Crippen molar-refractivity contribution in [3.05, 3.63) is 77.6 Å². The Hall–Kier alpha value is -3.43. The number of fused-ring (bicyclic) bond motifs is 1. The van der Waals surface area contributed by atoms with Crippen molar-refractivity contribution >= 4 is 39.0 Å². The zero-order valence-electron chi connectivity index (χ0n) is 20.6. The van der Waals surface area contributed by atoms with E-state index in [-0.39, 0.29) is 11.6 Å². The second-order valence-corrected chi connectivity index (χ2v) is 10.4. The minimum Gasteiger partial charge on any atom is -0.337 e. The van der Waals surface area contributed by atoms with Gasteiger partial charge in [0.2, 0.25) is 0 Å². The molecule has 0 unspecified atom stereocenters. The van der Waals surface area contributed by atoms with E-state index in [1.165, 1.54) is 24.3 Å². The summed E-state index contributed by atoms with van der Waals surface area (Å²) in [6.45, 7) is 5.06. The molecule has 1 heterocycles. The molecule has 3 rings (SSSR count). The van der Waals surface area contributed by atoms with E-state index in [1.54, 1.807) is 59.5 Å². The molecule has 0 fully saturated rings. The SMILES string of the molecule is CCCN(CCC)C(=O)C(=Cc1cn(S(=O)(=O)N(C)C)c2ccccc12)NC(=O)c1ccccc1. The van der Waals surface area contributed by atoms with E-state index in [9.17, 15) is 18.0 Å². The van der Waals surface area contributed by atoms with E-state index in [1.807, 2.05) is 19.9 Å². The molecule has 2 amide bonds. The highest BCUT2D eigenvalue weighted by molar-refractivity contribution is 7.87. The molecule has 0 spiro atoms. The summed E-state index contributed by atoms with van der Waals surface area (Å²) in [6.07, 6.45) is 4.58. The molecule has 0 aliphatic carbocycles. The molecule has 2 aromatic carbocycles. The number of hydrogen-bond donors (Lipinski definition) is 1. The molecule has 0 aliphatic heterocycles. The molecule has 35 heavy (non-hydrogen) atoms. The van der Waals surface area contributed by atoms with E-state index in [4.69, 9.17) is 0 Å². The van der Waals surface area contributed by atoms with Crippen LogP contribution in [0.1, 0.15) is 42.6 Å². The monoisotopic (exact) mass is 496 g/mol. The second kappa shape index (κ2) is 11.3. The molecule has 0 radical (unpaired) electrons. The van der Waals surface area contributed by atoms with Crippen molar-refractivity contribution in [1.82, 2.24) is 18.5 Å². The van der Waals surface area contributed by atoms with Gasteiger partial charge in [-0.3, -0.25) is 9.59 Å². The van der Waals surface area contributed by atoms with Gasteiger partial charge in [0.1, 0.15) is 5.70 Å². The maximum absolute atomic E-state index is 13.6. The number of nitrogens with one attached hydrogen (secondary N) is 1. The molecule has 186 valence electrons. The van der Waals surface area contributed by atoms with Crippen LogP contribution in [0.3, 0.4) is 0 Å². The minimum atomic E-state index is -3.80. The zero-order chi connectivity index (χ0) is 25.6. The number of carbonyl (C=O) groups is 2. The Morgan fingerprint density at radius 1 is 0.943 bits per heavy atom. The Bertz CT molecular complexity index is 1320. The average molecular weight is 497 g/mol. The first kappa shape index (κ1) is 26.2. The summed E-state index contributed by atoms with van der Waals surface area (Å²) in [5.41, 5.74) is 1.50. The van der Waals surface area contributed by atoms with Crippen LogP contribution in [0.5, 0.6) is 0 Å².